The highest BCUT2D eigenvalue weighted by Gasteiger charge is 2.15. The van der Waals surface area contributed by atoms with Gasteiger partial charge in [-0.1, -0.05) is 35.0 Å². The maximum atomic E-state index is 12.2. The van der Waals surface area contributed by atoms with Gasteiger partial charge in [-0.15, -0.1) is 5.10 Å². The zero-order valence-corrected chi connectivity index (χ0v) is 14.8. The Hall–Kier alpha value is -2.29. The molecule has 10 heteroatoms. The fourth-order valence-electron chi connectivity index (χ4n) is 1.98. The molecule has 0 fully saturated rings. The van der Waals surface area contributed by atoms with E-state index in [2.05, 4.69) is 15.5 Å². The van der Waals surface area contributed by atoms with E-state index in [-0.39, 0.29) is 28.6 Å². The molecule has 0 saturated carbocycles. The number of nitrogens with zero attached hydrogens (tertiary/aromatic N) is 4. The lowest BCUT2D eigenvalue weighted by atomic mass is 10.1. The number of hydrogen-bond acceptors (Lipinski definition) is 7. The predicted molar refractivity (Wildman–Crippen MR) is 94.0 cm³/mol. The molecule has 2 aromatic carbocycles. The Labute approximate surface area is 156 Å². The van der Waals surface area contributed by atoms with Crippen molar-refractivity contribution in [1.29, 1.82) is 0 Å². The van der Waals surface area contributed by atoms with Gasteiger partial charge < -0.3 is 10.2 Å². The van der Waals surface area contributed by atoms with E-state index in [4.69, 9.17) is 23.2 Å². The number of phenols is 2. The van der Waals surface area contributed by atoms with Crippen molar-refractivity contribution in [3.8, 4) is 17.2 Å². The molecule has 1 aromatic heterocycles. The van der Waals surface area contributed by atoms with Crippen molar-refractivity contribution >= 4 is 40.7 Å². The molecule has 128 valence electrons. The van der Waals surface area contributed by atoms with Crippen LogP contribution in [0.1, 0.15) is 10.4 Å². The maximum Gasteiger partial charge on any atom is 0.214 e. The average Bonchev–Trinajstić information content (AvgIpc) is 3.03. The molecule has 7 nitrogen and oxygen atoms in total. The molecule has 0 aliphatic heterocycles. The number of phenolic OH excluding ortho intramolecular Hbond substituents is 2. The number of benzene rings is 2. The standard InChI is InChI=1S/C15H10Cl2N4O3S/c16-9-2-3-11(10(17)6-9)21-15(18-19-20-21)25-7-14(24)8-1-4-12(22)13(23)5-8/h1-6,22-23H,7H2. The summed E-state index contributed by atoms with van der Waals surface area (Å²) in [5.41, 5.74) is 0.805. The van der Waals surface area contributed by atoms with Crippen LogP contribution in [0.5, 0.6) is 11.5 Å². The van der Waals surface area contributed by atoms with Crippen molar-refractivity contribution in [3.05, 3.63) is 52.0 Å². The smallest absolute Gasteiger partial charge is 0.214 e. The van der Waals surface area contributed by atoms with Crippen LogP contribution in [-0.4, -0.2) is 42.0 Å². The fraction of sp³-hybridized carbons (Fsp3) is 0.0667. The SMILES string of the molecule is O=C(CSc1nnnn1-c1ccc(Cl)cc1Cl)c1ccc(O)c(O)c1. The van der Waals surface area contributed by atoms with Crippen molar-refractivity contribution in [2.45, 2.75) is 5.16 Å². The second-order valence-electron chi connectivity index (χ2n) is 4.88. The number of aromatic hydroxyl groups is 2. The van der Waals surface area contributed by atoms with Crippen LogP contribution in [0.2, 0.25) is 10.0 Å². The number of carbonyl (C=O) groups is 1. The second-order valence-corrected chi connectivity index (χ2v) is 6.67. The molecular weight excluding hydrogens is 387 g/mol. The van der Waals surface area contributed by atoms with E-state index in [1.807, 2.05) is 0 Å². The van der Waals surface area contributed by atoms with Crippen molar-refractivity contribution < 1.29 is 15.0 Å². The summed E-state index contributed by atoms with van der Waals surface area (Å²) in [5.74, 6) is -0.855. The number of halogens is 2. The summed E-state index contributed by atoms with van der Waals surface area (Å²) in [6.07, 6.45) is 0. The van der Waals surface area contributed by atoms with Crippen molar-refractivity contribution in [1.82, 2.24) is 20.2 Å². The molecule has 0 unspecified atom stereocenters. The van der Waals surface area contributed by atoms with Gasteiger partial charge in [-0.25, -0.2) is 0 Å². The van der Waals surface area contributed by atoms with Gasteiger partial charge in [0.25, 0.3) is 0 Å². The Balaban J connectivity index is 1.77. The minimum absolute atomic E-state index is 0.0375. The number of aromatic nitrogens is 4. The summed E-state index contributed by atoms with van der Waals surface area (Å²) >= 11 is 13.2. The molecule has 0 aliphatic carbocycles. The van der Waals surface area contributed by atoms with Crippen molar-refractivity contribution in [3.63, 3.8) is 0 Å². The fourth-order valence-corrected chi connectivity index (χ4v) is 3.25. The van der Waals surface area contributed by atoms with E-state index in [0.29, 0.717) is 20.9 Å². The summed E-state index contributed by atoms with van der Waals surface area (Å²) in [5, 5.41) is 31.4. The van der Waals surface area contributed by atoms with Gasteiger partial charge in [-0.05, 0) is 46.8 Å². The van der Waals surface area contributed by atoms with E-state index < -0.39 is 0 Å². The molecule has 1 heterocycles. The number of rotatable bonds is 5. The third kappa shape index (κ3) is 3.87. The number of hydrogen-bond donors (Lipinski definition) is 2. The van der Waals surface area contributed by atoms with Gasteiger partial charge in [-0.3, -0.25) is 4.79 Å². The molecule has 0 spiro atoms. The molecule has 3 rings (SSSR count). The predicted octanol–water partition coefficient (Wildman–Crippen LogP) is 3.36. The Bertz CT molecular complexity index is 948. The summed E-state index contributed by atoms with van der Waals surface area (Å²) in [4.78, 5) is 12.2. The third-order valence-electron chi connectivity index (χ3n) is 3.21. The minimum Gasteiger partial charge on any atom is -0.504 e. The van der Waals surface area contributed by atoms with E-state index in [9.17, 15) is 15.0 Å². The summed E-state index contributed by atoms with van der Waals surface area (Å²) in [7, 11) is 0. The number of carbonyl (C=O) groups excluding carboxylic acids is 1. The molecule has 0 atom stereocenters. The molecule has 0 aliphatic rings. The topological polar surface area (TPSA) is 101 Å². The highest BCUT2D eigenvalue weighted by Crippen LogP contribution is 2.28. The molecule has 25 heavy (non-hydrogen) atoms. The van der Waals surface area contributed by atoms with Crippen molar-refractivity contribution in [2.75, 3.05) is 5.75 Å². The number of Topliss-reactive ketones (excluding diaryl/α,β-unsaturated/α-hetero) is 1. The molecular formula is C15H10Cl2N4O3S. The van der Waals surface area contributed by atoms with Gasteiger partial charge in [0.05, 0.1) is 16.5 Å². The molecule has 0 amide bonds. The van der Waals surface area contributed by atoms with E-state index in [0.717, 1.165) is 11.8 Å². The highest BCUT2D eigenvalue weighted by molar-refractivity contribution is 7.99. The lowest BCUT2D eigenvalue weighted by molar-refractivity contribution is 0.102. The van der Waals surface area contributed by atoms with Crippen LogP contribution >= 0.6 is 35.0 Å². The quantitative estimate of drug-likeness (QED) is 0.387. The highest BCUT2D eigenvalue weighted by atomic mass is 35.5. The van der Waals surface area contributed by atoms with Gasteiger partial charge in [0.2, 0.25) is 5.16 Å². The van der Waals surface area contributed by atoms with E-state index >= 15 is 0 Å². The molecule has 0 saturated heterocycles. The average molecular weight is 397 g/mol. The molecule has 2 N–H and O–H groups in total. The first kappa shape index (κ1) is 17.5. The van der Waals surface area contributed by atoms with Crippen LogP contribution in [0.3, 0.4) is 0 Å². The normalized spacial score (nSPS) is 10.8. The summed E-state index contributed by atoms with van der Waals surface area (Å²) < 4.78 is 1.41. The van der Waals surface area contributed by atoms with Gasteiger partial charge in [0.15, 0.2) is 17.3 Å². The lowest BCUT2D eigenvalue weighted by Gasteiger charge is -2.06. The Morgan fingerprint density at radius 3 is 2.64 bits per heavy atom. The van der Waals surface area contributed by atoms with Gasteiger partial charge >= 0.3 is 0 Å². The number of thioether (sulfide) groups is 1. The van der Waals surface area contributed by atoms with Crippen LogP contribution in [0.4, 0.5) is 0 Å². The van der Waals surface area contributed by atoms with Crippen LogP contribution in [-0.2, 0) is 0 Å². The lowest BCUT2D eigenvalue weighted by Crippen LogP contribution is -2.05. The zero-order valence-electron chi connectivity index (χ0n) is 12.4. The second kappa shape index (κ2) is 7.30. The van der Waals surface area contributed by atoms with E-state index in [1.54, 1.807) is 18.2 Å². The van der Waals surface area contributed by atoms with Gasteiger partial charge in [-0.2, -0.15) is 4.68 Å². The summed E-state index contributed by atoms with van der Waals surface area (Å²) in [6.45, 7) is 0. The number of tetrazole rings is 1. The first-order valence-corrected chi connectivity index (χ1v) is 8.61. The molecule has 0 bridgehead atoms. The molecule has 0 radical (unpaired) electrons. The van der Waals surface area contributed by atoms with Crippen molar-refractivity contribution in [2.24, 2.45) is 0 Å². The van der Waals surface area contributed by atoms with E-state index in [1.165, 1.54) is 22.9 Å². The third-order valence-corrected chi connectivity index (χ3v) is 4.67. The van der Waals surface area contributed by atoms with Gasteiger partial charge in [0, 0.05) is 10.6 Å². The largest absolute Gasteiger partial charge is 0.504 e. The van der Waals surface area contributed by atoms with Crippen LogP contribution in [0, 0.1) is 0 Å². The Morgan fingerprint density at radius 2 is 1.92 bits per heavy atom. The first-order valence-electron chi connectivity index (χ1n) is 6.87. The summed E-state index contributed by atoms with van der Waals surface area (Å²) in [6, 6.07) is 8.78. The van der Waals surface area contributed by atoms with Crippen LogP contribution in [0.15, 0.2) is 41.6 Å². The monoisotopic (exact) mass is 396 g/mol. The number of ketones is 1. The minimum atomic E-state index is -0.353. The molecule has 3 aromatic rings. The van der Waals surface area contributed by atoms with Gasteiger partial charge in [0.1, 0.15) is 0 Å². The maximum absolute atomic E-state index is 12.2. The van der Waals surface area contributed by atoms with Crippen LogP contribution < -0.4 is 0 Å². The Kier molecular flexibility index (Phi) is 5.12. The first-order chi connectivity index (χ1) is 12.0. The zero-order chi connectivity index (χ0) is 18.0. The van der Waals surface area contributed by atoms with Crippen LogP contribution in [0.25, 0.3) is 5.69 Å². The Morgan fingerprint density at radius 1 is 1.12 bits per heavy atom.